The SMILES string of the molecule is CN=C(NNC)c1ccc2c(-c3cc4cc(CN5CCN(C(C)=O)CC5)ccc4[nH]3)n[nH]c2c1. The third kappa shape index (κ3) is 4.27. The van der Waals surface area contributed by atoms with E-state index in [0.717, 1.165) is 71.9 Å². The molecule has 0 spiro atoms. The molecule has 176 valence electrons. The predicted molar refractivity (Wildman–Crippen MR) is 136 cm³/mol. The van der Waals surface area contributed by atoms with Gasteiger partial charge in [0.05, 0.1) is 11.2 Å². The maximum atomic E-state index is 11.6. The topological polar surface area (TPSA) is 104 Å². The second kappa shape index (κ2) is 9.28. The molecular formula is C25H30N8O. The average Bonchev–Trinajstić information content (AvgIpc) is 3.46. The van der Waals surface area contributed by atoms with Crippen molar-refractivity contribution < 1.29 is 4.79 Å². The first-order valence-electron chi connectivity index (χ1n) is 11.5. The van der Waals surface area contributed by atoms with Gasteiger partial charge in [0.2, 0.25) is 5.91 Å². The highest BCUT2D eigenvalue weighted by Crippen LogP contribution is 2.30. The van der Waals surface area contributed by atoms with Gasteiger partial charge in [0.1, 0.15) is 11.5 Å². The molecule has 0 aliphatic carbocycles. The van der Waals surface area contributed by atoms with Gasteiger partial charge < -0.3 is 15.3 Å². The lowest BCUT2D eigenvalue weighted by Crippen LogP contribution is -2.47. The molecule has 0 radical (unpaired) electrons. The molecule has 2 aromatic carbocycles. The number of fused-ring (bicyclic) bond motifs is 2. The van der Waals surface area contributed by atoms with Crippen LogP contribution in [0.25, 0.3) is 33.2 Å². The lowest BCUT2D eigenvalue weighted by atomic mass is 10.1. The van der Waals surface area contributed by atoms with Crippen molar-refractivity contribution in [1.82, 2.24) is 35.8 Å². The highest BCUT2D eigenvalue weighted by molar-refractivity contribution is 6.03. The summed E-state index contributed by atoms with van der Waals surface area (Å²) in [6.45, 7) is 5.95. The third-order valence-corrected chi connectivity index (χ3v) is 6.47. The van der Waals surface area contributed by atoms with Crippen molar-refractivity contribution in [3.63, 3.8) is 0 Å². The number of hydrogen-bond donors (Lipinski definition) is 4. The summed E-state index contributed by atoms with van der Waals surface area (Å²) in [6.07, 6.45) is 0. The number of aromatic nitrogens is 3. The minimum Gasteiger partial charge on any atom is -0.353 e. The Balaban J connectivity index is 1.37. The number of nitrogens with zero attached hydrogens (tertiary/aromatic N) is 4. The molecule has 2 aromatic heterocycles. The Kier molecular flexibility index (Phi) is 6.04. The second-order valence-corrected chi connectivity index (χ2v) is 8.67. The van der Waals surface area contributed by atoms with E-state index in [9.17, 15) is 4.79 Å². The number of amides is 1. The van der Waals surface area contributed by atoms with Crippen molar-refractivity contribution in [3.05, 3.63) is 53.6 Å². The van der Waals surface area contributed by atoms with Crippen LogP contribution >= 0.6 is 0 Å². The van der Waals surface area contributed by atoms with E-state index in [4.69, 9.17) is 0 Å². The summed E-state index contributed by atoms with van der Waals surface area (Å²) in [4.78, 5) is 23.7. The quantitative estimate of drug-likeness (QED) is 0.209. The molecule has 9 nitrogen and oxygen atoms in total. The van der Waals surface area contributed by atoms with Crippen molar-refractivity contribution in [2.45, 2.75) is 13.5 Å². The second-order valence-electron chi connectivity index (χ2n) is 8.67. The fourth-order valence-corrected chi connectivity index (χ4v) is 4.63. The third-order valence-electron chi connectivity index (χ3n) is 6.47. The summed E-state index contributed by atoms with van der Waals surface area (Å²) < 4.78 is 0. The fraction of sp³-hybridized carbons (Fsp3) is 0.320. The highest BCUT2D eigenvalue weighted by Gasteiger charge is 2.19. The van der Waals surface area contributed by atoms with Crippen molar-refractivity contribution >= 4 is 33.5 Å². The lowest BCUT2D eigenvalue weighted by molar-refractivity contribution is -0.130. The predicted octanol–water partition coefficient (Wildman–Crippen LogP) is 2.48. The highest BCUT2D eigenvalue weighted by atomic mass is 16.2. The minimum atomic E-state index is 0.164. The minimum absolute atomic E-state index is 0.164. The summed E-state index contributed by atoms with van der Waals surface area (Å²) >= 11 is 0. The lowest BCUT2D eigenvalue weighted by Gasteiger charge is -2.34. The van der Waals surface area contributed by atoms with E-state index < -0.39 is 0 Å². The largest absolute Gasteiger partial charge is 0.353 e. The zero-order valence-electron chi connectivity index (χ0n) is 19.8. The number of aromatic amines is 2. The maximum Gasteiger partial charge on any atom is 0.219 e. The van der Waals surface area contributed by atoms with Gasteiger partial charge >= 0.3 is 0 Å². The number of H-pyrrole nitrogens is 2. The van der Waals surface area contributed by atoms with E-state index >= 15 is 0 Å². The summed E-state index contributed by atoms with van der Waals surface area (Å²) in [5.41, 5.74) is 12.1. The Morgan fingerprint density at radius 2 is 1.91 bits per heavy atom. The smallest absolute Gasteiger partial charge is 0.219 e. The summed E-state index contributed by atoms with van der Waals surface area (Å²) in [7, 11) is 3.57. The van der Waals surface area contributed by atoms with Gasteiger partial charge in [-0.1, -0.05) is 12.1 Å². The summed E-state index contributed by atoms with van der Waals surface area (Å²) in [6, 6.07) is 14.9. The molecule has 4 aromatic rings. The number of hydrogen-bond acceptors (Lipinski definition) is 5. The molecule has 1 amide bonds. The van der Waals surface area contributed by atoms with Crippen LogP contribution in [0, 0.1) is 0 Å². The number of rotatable bonds is 5. The number of hydrazine groups is 1. The van der Waals surface area contributed by atoms with Crippen LogP contribution in [0.15, 0.2) is 47.5 Å². The van der Waals surface area contributed by atoms with Crippen LogP contribution in [0.1, 0.15) is 18.1 Å². The molecule has 1 aliphatic heterocycles. The van der Waals surface area contributed by atoms with Gasteiger partial charge in [-0.15, -0.1) is 0 Å². The number of amidine groups is 1. The van der Waals surface area contributed by atoms with E-state index in [2.05, 4.69) is 66.3 Å². The molecule has 1 aliphatic rings. The zero-order chi connectivity index (χ0) is 23.7. The van der Waals surface area contributed by atoms with Crippen LogP contribution in [-0.2, 0) is 11.3 Å². The van der Waals surface area contributed by atoms with Crippen molar-refractivity contribution in [3.8, 4) is 11.4 Å². The average molecular weight is 459 g/mol. The molecule has 1 fully saturated rings. The van der Waals surface area contributed by atoms with Gasteiger partial charge in [-0.3, -0.25) is 19.8 Å². The first kappa shape index (κ1) is 22.1. The summed E-state index contributed by atoms with van der Waals surface area (Å²) in [5, 5.41) is 9.98. The van der Waals surface area contributed by atoms with Gasteiger partial charge in [0.15, 0.2) is 0 Å². The van der Waals surface area contributed by atoms with Crippen molar-refractivity contribution in [2.24, 2.45) is 4.99 Å². The molecule has 34 heavy (non-hydrogen) atoms. The van der Waals surface area contributed by atoms with Gasteiger partial charge in [0, 0.05) is 75.6 Å². The van der Waals surface area contributed by atoms with Crippen LogP contribution in [0.2, 0.25) is 0 Å². The zero-order valence-corrected chi connectivity index (χ0v) is 19.8. The van der Waals surface area contributed by atoms with Crippen LogP contribution in [0.3, 0.4) is 0 Å². The summed E-state index contributed by atoms with van der Waals surface area (Å²) in [5.74, 6) is 0.929. The number of nitrogens with one attached hydrogen (secondary N) is 4. The Morgan fingerprint density at radius 3 is 2.65 bits per heavy atom. The van der Waals surface area contributed by atoms with E-state index in [1.165, 1.54) is 10.9 Å². The van der Waals surface area contributed by atoms with Crippen LogP contribution < -0.4 is 10.9 Å². The van der Waals surface area contributed by atoms with E-state index in [0.29, 0.717) is 0 Å². The van der Waals surface area contributed by atoms with E-state index in [1.54, 1.807) is 14.0 Å². The molecule has 5 rings (SSSR count). The molecule has 1 saturated heterocycles. The first-order valence-corrected chi connectivity index (χ1v) is 11.5. The number of carbonyl (C=O) groups is 1. The van der Waals surface area contributed by atoms with Gasteiger partial charge in [-0.25, -0.2) is 5.43 Å². The Bertz CT molecular complexity index is 1360. The van der Waals surface area contributed by atoms with Crippen LogP contribution in [0.4, 0.5) is 0 Å². The fourth-order valence-electron chi connectivity index (χ4n) is 4.63. The molecule has 0 bridgehead atoms. The van der Waals surface area contributed by atoms with Crippen molar-refractivity contribution in [1.29, 1.82) is 0 Å². The first-order chi connectivity index (χ1) is 16.6. The molecule has 4 N–H and O–H groups in total. The van der Waals surface area contributed by atoms with Gasteiger partial charge in [0.25, 0.3) is 0 Å². The molecular weight excluding hydrogens is 428 g/mol. The number of carbonyl (C=O) groups excluding carboxylic acids is 1. The van der Waals surface area contributed by atoms with E-state index in [-0.39, 0.29) is 5.91 Å². The van der Waals surface area contributed by atoms with Crippen LogP contribution in [-0.4, -0.2) is 77.0 Å². The van der Waals surface area contributed by atoms with Gasteiger partial charge in [-0.05, 0) is 35.9 Å². The Hall–Kier alpha value is -3.69. The number of piperazine rings is 1. The molecule has 0 atom stereocenters. The molecule has 0 unspecified atom stereocenters. The molecule has 3 heterocycles. The number of aliphatic imine (C=N–C) groups is 1. The monoisotopic (exact) mass is 458 g/mol. The maximum absolute atomic E-state index is 11.6. The standard InChI is InChI=1S/C25H30N8O/c1-16(34)33-10-8-32(9-11-33)15-17-4-7-21-19(12-17)14-23(28-21)24-20-6-5-18(13-22(20)29-30-24)25(26-2)31-27-3/h4-7,12-14,27-28H,8-11,15H2,1-3H3,(H,26,31)(H,29,30). The van der Waals surface area contributed by atoms with E-state index in [1.807, 2.05) is 24.1 Å². The van der Waals surface area contributed by atoms with Gasteiger partial charge in [-0.2, -0.15) is 5.10 Å². The Labute approximate surface area is 198 Å². The Morgan fingerprint density at radius 1 is 1.09 bits per heavy atom. The molecule has 9 heteroatoms. The van der Waals surface area contributed by atoms with Crippen LogP contribution in [0.5, 0.6) is 0 Å². The van der Waals surface area contributed by atoms with Crippen molar-refractivity contribution in [2.75, 3.05) is 40.3 Å². The molecule has 0 saturated carbocycles. The number of benzene rings is 2. The normalized spacial score (nSPS) is 15.4.